The molecule has 144 valence electrons. The largest absolute Gasteiger partial charge is 0.467 e. The number of fused-ring (bicyclic) bond motifs is 1. The molecule has 0 unspecified atom stereocenters. The van der Waals surface area contributed by atoms with Gasteiger partial charge in [-0.15, -0.1) is 21.5 Å². The van der Waals surface area contributed by atoms with Gasteiger partial charge in [0.15, 0.2) is 21.0 Å². The van der Waals surface area contributed by atoms with E-state index >= 15 is 0 Å². The Morgan fingerprint density at radius 3 is 2.93 bits per heavy atom. The van der Waals surface area contributed by atoms with Crippen LogP contribution < -0.4 is 0 Å². The fraction of sp³-hybridized carbons (Fsp3) is 0.111. The third kappa shape index (κ3) is 3.63. The quantitative estimate of drug-likeness (QED) is 0.284. The van der Waals surface area contributed by atoms with E-state index in [-0.39, 0.29) is 0 Å². The Balaban J connectivity index is 1.58. The SMILES string of the molecule is CSc1nc2ncnc(Sc3nnc(-c4cccnc4)n3Cc3ccco3)c2s1. The minimum absolute atomic E-state index is 0.500. The van der Waals surface area contributed by atoms with Gasteiger partial charge in [0.2, 0.25) is 0 Å². The van der Waals surface area contributed by atoms with Crippen LogP contribution in [0.1, 0.15) is 5.76 Å². The van der Waals surface area contributed by atoms with Crippen LogP contribution in [0.15, 0.2) is 68.2 Å². The maximum Gasteiger partial charge on any atom is 0.198 e. The molecule has 0 aromatic carbocycles. The summed E-state index contributed by atoms with van der Waals surface area (Å²) >= 11 is 4.61. The van der Waals surface area contributed by atoms with Crippen molar-refractivity contribution in [3.8, 4) is 11.4 Å². The van der Waals surface area contributed by atoms with Crippen molar-refractivity contribution in [1.29, 1.82) is 0 Å². The second kappa shape index (κ2) is 7.93. The summed E-state index contributed by atoms with van der Waals surface area (Å²) in [4.78, 5) is 17.5. The molecular formula is C18H13N7OS3. The molecule has 0 amide bonds. The van der Waals surface area contributed by atoms with Crippen molar-refractivity contribution in [2.24, 2.45) is 0 Å². The summed E-state index contributed by atoms with van der Waals surface area (Å²) in [5.74, 6) is 1.53. The van der Waals surface area contributed by atoms with E-state index in [1.165, 1.54) is 18.1 Å². The summed E-state index contributed by atoms with van der Waals surface area (Å²) in [6.45, 7) is 0.500. The zero-order chi connectivity index (χ0) is 19.6. The van der Waals surface area contributed by atoms with Crippen molar-refractivity contribution >= 4 is 45.2 Å². The van der Waals surface area contributed by atoms with Gasteiger partial charge in [0.05, 0.1) is 12.8 Å². The fourth-order valence-electron chi connectivity index (χ4n) is 2.73. The van der Waals surface area contributed by atoms with Gasteiger partial charge in [-0.25, -0.2) is 15.0 Å². The van der Waals surface area contributed by atoms with Crippen molar-refractivity contribution < 1.29 is 4.42 Å². The van der Waals surface area contributed by atoms with E-state index in [9.17, 15) is 0 Å². The first-order chi connectivity index (χ1) is 14.3. The van der Waals surface area contributed by atoms with Crippen LogP contribution in [-0.2, 0) is 6.54 Å². The number of rotatable bonds is 6. The summed E-state index contributed by atoms with van der Waals surface area (Å²) in [6.07, 6.45) is 8.69. The van der Waals surface area contributed by atoms with Gasteiger partial charge < -0.3 is 4.42 Å². The molecule has 0 atom stereocenters. The highest BCUT2D eigenvalue weighted by Crippen LogP contribution is 2.36. The van der Waals surface area contributed by atoms with E-state index in [1.807, 2.05) is 35.1 Å². The molecule has 0 fully saturated rings. The molecule has 5 aromatic heterocycles. The van der Waals surface area contributed by atoms with Crippen LogP contribution >= 0.6 is 34.9 Å². The third-order valence-corrected chi connectivity index (χ3v) is 7.19. The van der Waals surface area contributed by atoms with Crippen molar-refractivity contribution in [3.63, 3.8) is 0 Å². The molecule has 0 aliphatic heterocycles. The molecule has 0 bridgehead atoms. The summed E-state index contributed by atoms with van der Waals surface area (Å²) < 4.78 is 9.45. The van der Waals surface area contributed by atoms with Crippen molar-refractivity contribution in [3.05, 3.63) is 55.0 Å². The summed E-state index contributed by atoms with van der Waals surface area (Å²) in [6, 6.07) is 7.63. The van der Waals surface area contributed by atoms with Gasteiger partial charge in [-0.1, -0.05) is 11.8 Å². The average molecular weight is 440 g/mol. The Kier molecular flexibility index (Phi) is 5.00. The topological polar surface area (TPSA) is 95.4 Å². The highest BCUT2D eigenvalue weighted by molar-refractivity contribution is 8.00. The van der Waals surface area contributed by atoms with E-state index in [0.717, 1.165) is 31.2 Å². The van der Waals surface area contributed by atoms with Gasteiger partial charge in [0.1, 0.15) is 21.8 Å². The number of hydrogen-bond acceptors (Lipinski definition) is 10. The Bertz CT molecular complexity index is 1250. The minimum atomic E-state index is 0.500. The van der Waals surface area contributed by atoms with Gasteiger partial charge >= 0.3 is 0 Å². The molecule has 8 nitrogen and oxygen atoms in total. The number of hydrogen-bond donors (Lipinski definition) is 0. The average Bonchev–Trinajstić information content (AvgIpc) is 3.50. The van der Waals surface area contributed by atoms with Gasteiger partial charge in [-0.3, -0.25) is 9.55 Å². The lowest BCUT2D eigenvalue weighted by atomic mass is 10.2. The highest BCUT2D eigenvalue weighted by Gasteiger charge is 2.19. The van der Waals surface area contributed by atoms with E-state index in [1.54, 1.807) is 41.8 Å². The lowest BCUT2D eigenvalue weighted by molar-refractivity contribution is 0.485. The smallest absolute Gasteiger partial charge is 0.198 e. The Morgan fingerprint density at radius 1 is 1.17 bits per heavy atom. The summed E-state index contributed by atoms with van der Waals surface area (Å²) in [7, 11) is 0. The molecule has 0 saturated carbocycles. The first-order valence-electron chi connectivity index (χ1n) is 8.51. The van der Waals surface area contributed by atoms with Crippen LogP contribution in [0.4, 0.5) is 0 Å². The molecule has 0 radical (unpaired) electrons. The molecule has 11 heteroatoms. The number of furan rings is 1. The highest BCUT2D eigenvalue weighted by atomic mass is 32.2. The number of nitrogens with zero attached hydrogens (tertiary/aromatic N) is 7. The summed E-state index contributed by atoms with van der Waals surface area (Å²) in [5.41, 5.74) is 1.58. The third-order valence-electron chi connectivity index (χ3n) is 4.03. The predicted octanol–water partition coefficient (Wildman–Crippen LogP) is 4.25. The number of aromatic nitrogens is 7. The molecule has 0 spiro atoms. The maximum absolute atomic E-state index is 5.55. The van der Waals surface area contributed by atoms with E-state index < -0.39 is 0 Å². The van der Waals surface area contributed by atoms with E-state index in [2.05, 4.69) is 30.1 Å². The Morgan fingerprint density at radius 2 is 2.14 bits per heavy atom. The molecule has 5 aromatic rings. The van der Waals surface area contributed by atoms with Gasteiger partial charge in [0, 0.05) is 18.0 Å². The lowest BCUT2D eigenvalue weighted by Crippen LogP contribution is -2.03. The zero-order valence-electron chi connectivity index (χ0n) is 15.1. The van der Waals surface area contributed by atoms with Crippen molar-refractivity contribution in [2.75, 3.05) is 6.26 Å². The van der Waals surface area contributed by atoms with Crippen molar-refractivity contribution in [1.82, 2.24) is 34.7 Å². The normalized spacial score (nSPS) is 11.3. The second-order valence-electron chi connectivity index (χ2n) is 5.83. The first kappa shape index (κ1) is 18.3. The van der Waals surface area contributed by atoms with Crippen molar-refractivity contribution in [2.45, 2.75) is 21.1 Å². The number of thioether (sulfide) groups is 1. The Labute approximate surface area is 177 Å². The maximum atomic E-state index is 5.55. The number of pyridine rings is 1. The van der Waals surface area contributed by atoms with Crippen LogP contribution in [0.3, 0.4) is 0 Å². The number of thiazole rings is 1. The van der Waals surface area contributed by atoms with Crippen LogP contribution in [0, 0.1) is 0 Å². The molecule has 5 heterocycles. The minimum Gasteiger partial charge on any atom is -0.467 e. The van der Waals surface area contributed by atoms with Gasteiger partial charge in [0.25, 0.3) is 0 Å². The molecule has 0 N–H and O–H groups in total. The molecule has 0 aliphatic carbocycles. The standard InChI is InChI=1S/C18H13N7OS3/c1-27-18-22-14-13(28-18)16(21-10-20-14)29-17-24-23-15(11-4-2-6-19-8-11)25(17)9-12-5-3-7-26-12/h2-8,10H,9H2,1H3. The molecule has 5 rings (SSSR count). The first-order valence-corrected chi connectivity index (χ1v) is 11.4. The zero-order valence-corrected chi connectivity index (χ0v) is 17.5. The van der Waals surface area contributed by atoms with Crippen LogP contribution in [0.5, 0.6) is 0 Å². The van der Waals surface area contributed by atoms with Gasteiger partial charge in [-0.05, 0) is 42.3 Å². The molecular weight excluding hydrogens is 426 g/mol. The second-order valence-corrected chi connectivity index (χ2v) is 8.84. The lowest BCUT2D eigenvalue weighted by Gasteiger charge is -2.08. The summed E-state index contributed by atoms with van der Waals surface area (Å²) in [5, 5.41) is 10.4. The molecule has 29 heavy (non-hydrogen) atoms. The molecule has 0 aliphatic rings. The van der Waals surface area contributed by atoms with E-state index in [0.29, 0.717) is 17.3 Å². The van der Waals surface area contributed by atoms with Gasteiger partial charge in [-0.2, -0.15) is 0 Å². The van der Waals surface area contributed by atoms with Crippen LogP contribution in [0.2, 0.25) is 0 Å². The molecule has 0 saturated heterocycles. The predicted molar refractivity (Wildman–Crippen MR) is 112 cm³/mol. The monoisotopic (exact) mass is 439 g/mol. The fourth-order valence-corrected chi connectivity index (χ4v) is 5.18. The van der Waals surface area contributed by atoms with E-state index in [4.69, 9.17) is 4.42 Å². The van der Waals surface area contributed by atoms with Crippen LogP contribution in [-0.4, -0.2) is 41.0 Å². The van der Waals surface area contributed by atoms with Crippen LogP contribution in [0.25, 0.3) is 21.7 Å². The Hall–Kier alpha value is -2.76.